The van der Waals surface area contributed by atoms with Gasteiger partial charge in [0.25, 0.3) is 0 Å². The largest absolute Gasteiger partial charge is 0.446 e. The van der Waals surface area contributed by atoms with Crippen molar-refractivity contribution in [2.24, 2.45) is 16.7 Å². The van der Waals surface area contributed by atoms with E-state index in [1.807, 2.05) is 0 Å². The summed E-state index contributed by atoms with van der Waals surface area (Å²) in [5.74, 6) is 0.322. The highest BCUT2D eigenvalue weighted by Crippen LogP contribution is 2.66. The zero-order valence-corrected chi connectivity index (χ0v) is 12.8. The minimum atomic E-state index is -0.679. The van der Waals surface area contributed by atoms with Crippen molar-refractivity contribution in [3.63, 3.8) is 0 Å². The monoisotopic (exact) mass is 296 g/mol. The Morgan fingerprint density at radius 3 is 2.67 bits per heavy atom. The Hall–Kier alpha value is -1.30. The molecule has 6 nitrogen and oxygen atoms in total. The third kappa shape index (κ3) is 1.95. The Morgan fingerprint density at radius 1 is 1.48 bits per heavy atom. The van der Waals surface area contributed by atoms with Gasteiger partial charge in [0, 0.05) is 5.41 Å². The minimum absolute atomic E-state index is 0.00720. The van der Waals surface area contributed by atoms with Crippen molar-refractivity contribution in [3.05, 3.63) is 0 Å². The van der Waals surface area contributed by atoms with Crippen molar-refractivity contribution in [1.29, 1.82) is 0 Å². The number of hydrogen-bond donors (Lipinski definition) is 3. The van der Waals surface area contributed by atoms with Gasteiger partial charge in [0.05, 0.1) is 12.6 Å². The Morgan fingerprint density at radius 2 is 2.19 bits per heavy atom. The molecule has 0 aromatic heterocycles. The second-order valence-corrected chi connectivity index (χ2v) is 7.42. The molecule has 0 aromatic rings. The average molecular weight is 296 g/mol. The van der Waals surface area contributed by atoms with Crippen LogP contribution in [0.1, 0.15) is 40.0 Å². The Kier molecular flexibility index (Phi) is 3.20. The van der Waals surface area contributed by atoms with Crippen LogP contribution in [-0.2, 0) is 9.53 Å². The Labute approximate surface area is 124 Å². The molecule has 2 bridgehead atoms. The van der Waals surface area contributed by atoms with Crippen molar-refractivity contribution in [3.8, 4) is 0 Å². The number of rotatable bonds is 3. The standard InChI is InChI=1S/C15H24N2O4/c1-14(2)8-4-5-15(14,3)10(6-8)21-13(20)17-11-9(7-18)16-12(11)19/h8-11,18H,4-7H2,1-3H3,(H,16,19)(H,17,20)/t8?,9-,10?,11+,15?/m1/s1. The molecule has 3 aliphatic rings. The summed E-state index contributed by atoms with van der Waals surface area (Å²) >= 11 is 0. The summed E-state index contributed by atoms with van der Waals surface area (Å²) < 4.78 is 5.62. The lowest BCUT2D eigenvalue weighted by Crippen LogP contribution is -2.70. The number of nitrogens with one attached hydrogen (secondary N) is 2. The van der Waals surface area contributed by atoms with E-state index in [9.17, 15) is 9.59 Å². The van der Waals surface area contributed by atoms with Gasteiger partial charge in [-0.05, 0) is 30.6 Å². The number of carbonyl (C=O) groups excluding carboxylic acids is 2. The molecule has 1 heterocycles. The highest BCUT2D eigenvalue weighted by Gasteiger charge is 2.63. The number of amides is 2. The molecule has 21 heavy (non-hydrogen) atoms. The third-order valence-corrected chi connectivity index (χ3v) is 6.45. The molecule has 0 spiro atoms. The van der Waals surface area contributed by atoms with E-state index in [-0.39, 0.29) is 29.4 Å². The van der Waals surface area contributed by atoms with Gasteiger partial charge in [0.15, 0.2) is 0 Å². The molecule has 2 saturated carbocycles. The number of hydrogen-bond acceptors (Lipinski definition) is 4. The molecule has 0 aromatic carbocycles. The summed E-state index contributed by atoms with van der Waals surface area (Å²) in [6.07, 6.45) is 2.52. The van der Waals surface area contributed by atoms with Crippen molar-refractivity contribution >= 4 is 12.0 Å². The first-order valence-corrected chi connectivity index (χ1v) is 7.68. The van der Waals surface area contributed by atoms with Crippen LogP contribution in [0.5, 0.6) is 0 Å². The Balaban J connectivity index is 1.61. The summed E-state index contributed by atoms with van der Waals surface area (Å²) in [5.41, 5.74) is 0.187. The number of ether oxygens (including phenoxy) is 1. The molecule has 2 aliphatic carbocycles. The summed E-state index contributed by atoms with van der Waals surface area (Å²) in [6.45, 7) is 6.53. The van der Waals surface area contributed by atoms with Gasteiger partial charge in [-0.25, -0.2) is 4.79 Å². The van der Waals surface area contributed by atoms with Crippen molar-refractivity contribution in [2.75, 3.05) is 6.61 Å². The van der Waals surface area contributed by atoms with Crippen LogP contribution < -0.4 is 10.6 Å². The van der Waals surface area contributed by atoms with Gasteiger partial charge in [-0.15, -0.1) is 0 Å². The maximum absolute atomic E-state index is 12.0. The van der Waals surface area contributed by atoms with E-state index in [1.165, 1.54) is 6.42 Å². The molecule has 5 atom stereocenters. The van der Waals surface area contributed by atoms with Crippen LogP contribution >= 0.6 is 0 Å². The van der Waals surface area contributed by atoms with Gasteiger partial charge >= 0.3 is 6.09 Å². The molecule has 0 radical (unpaired) electrons. The summed E-state index contributed by atoms with van der Waals surface area (Å²) in [7, 11) is 0. The first-order valence-electron chi connectivity index (χ1n) is 7.68. The van der Waals surface area contributed by atoms with Gasteiger partial charge in [-0.3, -0.25) is 4.79 Å². The zero-order valence-electron chi connectivity index (χ0n) is 12.8. The second kappa shape index (κ2) is 4.60. The molecule has 3 N–H and O–H groups in total. The molecule has 6 heteroatoms. The minimum Gasteiger partial charge on any atom is -0.446 e. The van der Waals surface area contributed by atoms with E-state index in [4.69, 9.17) is 9.84 Å². The summed E-state index contributed by atoms with van der Waals surface area (Å²) in [5, 5.41) is 14.2. The fraction of sp³-hybridized carbons (Fsp3) is 0.867. The summed E-state index contributed by atoms with van der Waals surface area (Å²) in [4.78, 5) is 23.4. The molecule has 3 unspecified atom stereocenters. The quantitative estimate of drug-likeness (QED) is 0.672. The smallest absolute Gasteiger partial charge is 0.408 e. The first-order chi connectivity index (χ1) is 9.79. The van der Waals surface area contributed by atoms with Gasteiger partial charge in [-0.2, -0.15) is 0 Å². The van der Waals surface area contributed by atoms with Crippen LogP contribution in [0.15, 0.2) is 0 Å². The fourth-order valence-electron chi connectivity index (χ4n) is 4.36. The van der Waals surface area contributed by atoms with E-state index >= 15 is 0 Å². The van der Waals surface area contributed by atoms with Gasteiger partial charge < -0.3 is 20.5 Å². The molecule has 1 saturated heterocycles. The molecular weight excluding hydrogens is 272 g/mol. The van der Waals surface area contributed by atoms with E-state index < -0.39 is 18.2 Å². The number of aliphatic hydroxyl groups excluding tert-OH is 1. The SMILES string of the molecule is CC1(C)C2CCC1(C)C(OC(=O)N[C@@H]1C(=O)N[C@@H]1CO)C2. The van der Waals surface area contributed by atoms with Gasteiger partial charge in [0.1, 0.15) is 12.1 Å². The predicted molar refractivity (Wildman–Crippen MR) is 75.4 cm³/mol. The summed E-state index contributed by atoms with van der Waals surface area (Å²) in [6, 6.07) is -1.08. The third-order valence-electron chi connectivity index (χ3n) is 6.45. The lowest BCUT2D eigenvalue weighted by atomic mass is 9.70. The maximum Gasteiger partial charge on any atom is 0.408 e. The molecule has 3 fully saturated rings. The lowest BCUT2D eigenvalue weighted by Gasteiger charge is -2.39. The number of alkyl carbamates (subject to hydrolysis) is 1. The van der Waals surface area contributed by atoms with Crippen LogP contribution in [0.3, 0.4) is 0 Å². The van der Waals surface area contributed by atoms with Crippen molar-refractivity contribution in [1.82, 2.24) is 10.6 Å². The van der Waals surface area contributed by atoms with Crippen molar-refractivity contribution in [2.45, 2.75) is 58.2 Å². The number of β-lactam (4-membered cyclic amide) rings is 1. The second-order valence-electron chi connectivity index (χ2n) is 7.42. The van der Waals surface area contributed by atoms with E-state index in [0.29, 0.717) is 5.92 Å². The van der Waals surface area contributed by atoms with Gasteiger partial charge in [0.2, 0.25) is 5.91 Å². The van der Waals surface area contributed by atoms with Crippen LogP contribution in [0.2, 0.25) is 0 Å². The Bertz CT molecular complexity index is 478. The van der Waals surface area contributed by atoms with Crippen LogP contribution in [0.4, 0.5) is 4.79 Å². The molecular formula is C15H24N2O4. The molecule has 1 aliphatic heterocycles. The van der Waals surface area contributed by atoms with Crippen LogP contribution in [-0.4, -0.2) is 41.9 Å². The fourth-order valence-corrected chi connectivity index (χ4v) is 4.36. The maximum atomic E-state index is 12.0. The highest BCUT2D eigenvalue weighted by atomic mass is 16.6. The topological polar surface area (TPSA) is 87.7 Å². The van der Waals surface area contributed by atoms with E-state index in [0.717, 1.165) is 12.8 Å². The van der Waals surface area contributed by atoms with Crippen LogP contribution in [0, 0.1) is 16.7 Å². The van der Waals surface area contributed by atoms with Gasteiger partial charge in [-0.1, -0.05) is 20.8 Å². The molecule has 118 valence electrons. The van der Waals surface area contributed by atoms with Crippen LogP contribution in [0.25, 0.3) is 0 Å². The predicted octanol–water partition coefficient (Wildman–Crippen LogP) is 0.787. The highest BCUT2D eigenvalue weighted by molar-refractivity contribution is 5.92. The number of aliphatic hydroxyl groups is 1. The normalized spacial score (nSPS) is 43.1. The van der Waals surface area contributed by atoms with E-state index in [1.54, 1.807) is 0 Å². The zero-order chi connectivity index (χ0) is 15.4. The van der Waals surface area contributed by atoms with Crippen molar-refractivity contribution < 1.29 is 19.4 Å². The first kappa shape index (κ1) is 14.6. The number of fused-ring (bicyclic) bond motifs is 2. The lowest BCUT2D eigenvalue weighted by molar-refractivity contribution is -0.132. The number of carbonyl (C=O) groups is 2. The molecule has 3 rings (SSSR count). The molecule has 2 amide bonds. The van der Waals surface area contributed by atoms with E-state index in [2.05, 4.69) is 31.4 Å². The average Bonchev–Trinajstić information content (AvgIpc) is 2.75.